The Kier molecular flexibility index (Phi) is 5.23. The highest BCUT2D eigenvalue weighted by Gasteiger charge is 2.66. The number of ether oxygens (including phenoxy) is 1. The first kappa shape index (κ1) is 22.6. The van der Waals surface area contributed by atoms with Crippen molar-refractivity contribution in [2.45, 2.75) is 77.6 Å². The van der Waals surface area contributed by atoms with Crippen LogP contribution in [0, 0.1) is 28.6 Å². The smallest absolute Gasteiger partial charge is 0.200 e. The van der Waals surface area contributed by atoms with Crippen LogP contribution in [0.5, 0.6) is 0 Å². The predicted molar refractivity (Wildman–Crippen MR) is 114 cm³/mol. The first-order valence-electron chi connectivity index (χ1n) is 11.3. The number of allylic oxidation sites excluding steroid dienone is 3. The fourth-order valence-electron chi connectivity index (χ4n) is 7.34. The van der Waals surface area contributed by atoms with Gasteiger partial charge in [0.05, 0.1) is 0 Å². The number of hydrogen-bond donors (Lipinski definition) is 2. The van der Waals surface area contributed by atoms with Gasteiger partial charge in [0.1, 0.15) is 11.7 Å². The number of fused-ring (bicyclic) bond motifs is 5. The summed E-state index contributed by atoms with van der Waals surface area (Å²) in [4.78, 5) is 37.2. The van der Waals surface area contributed by atoms with E-state index in [4.69, 9.17) is 4.74 Å². The summed E-state index contributed by atoms with van der Waals surface area (Å²) in [5, 5.41) is 21.7. The first-order valence-corrected chi connectivity index (χ1v) is 11.3. The second-order valence-corrected chi connectivity index (χ2v) is 10.7. The third-order valence-electron chi connectivity index (χ3n) is 9.16. The third kappa shape index (κ3) is 2.91. The first-order chi connectivity index (χ1) is 14.4. The van der Waals surface area contributed by atoms with Crippen molar-refractivity contribution in [3.8, 4) is 0 Å². The van der Waals surface area contributed by atoms with Gasteiger partial charge >= 0.3 is 0 Å². The van der Waals surface area contributed by atoms with Gasteiger partial charge < -0.3 is 14.9 Å². The van der Waals surface area contributed by atoms with Gasteiger partial charge in [0, 0.05) is 17.9 Å². The third-order valence-corrected chi connectivity index (χ3v) is 9.16. The van der Waals surface area contributed by atoms with E-state index in [1.165, 1.54) is 12.5 Å². The van der Waals surface area contributed by atoms with Gasteiger partial charge in [0.25, 0.3) is 0 Å². The molecule has 170 valence electrons. The maximum Gasteiger partial charge on any atom is 0.200 e. The van der Waals surface area contributed by atoms with Crippen LogP contribution < -0.4 is 0 Å². The van der Waals surface area contributed by atoms with Crippen LogP contribution >= 0.6 is 0 Å². The molecule has 2 fully saturated rings. The maximum atomic E-state index is 13.0. The minimum atomic E-state index is -1.78. The molecular weight excluding hydrogens is 396 g/mol. The highest BCUT2D eigenvalue weighted by atomic mass is 16.5. The van der Waals surface area contributed by atoms with E-state index in [1.54, 1.807) is 13.2 Å². The molecule has 4 aliphatic rings. The van der Waals surface area contributed by atoms with Gasteiger partial charge in [-0.1, -0.05) is 38.0 Å². The van der Waals surface area contributed by atoms with Crippen LogP contribution in [0.1, 0.15) is 59.8 Å². The number of carbonyl (C=O) groups excluding carboxylic acids is 3. The molecule has 6 heteroatoms. The lowest BCUT2D eigenvalue weighted by molar-refractivity contribution is -0.164. The number of carbonyl (C=O) groups is 3. The second kappa shape index (κ2) is 7.19. The Morgan fingerprint density at radius 2 is 1.94 bits per heavy atom. The van der Waals surface area contributed by atoms with E-state index >= 15 is 0 Å². The van der Waals surface area contributed by atoms with E-state index in [0.717, 1.165) is 12.0 Å². The summed E-state index contributed by atoms with van der Waals surface area (Å²) in [6.45, 7) is 7.45. The standard InChI is InChI=1S/C25H34O6/c1-13-10-15-16(23(3)12-20(31-5)19(27)11-18(13)23)6-8-24(4)17(15)7-9-25(24,30)22(29)21(28)14(2)26/h6,11,13,15,17,20-21,28,30H,7-10,12H2,1-5H3/t13?,15?,17?,20?,21?,23?,24?,25-/m0/s1. The molecule has 0 amide bonds. The van der Waals surface area contributed by atoms with E-state index < -0.39 is 34.8 Å². The van der Waals surface area contributed by atoms with Crippen LogP contribution in [0.4, 0.5) is 0 Å². The number of rotatable bonds is 4. The van der Waals surface area contributed by atoms with Crippen LogP contribution in [0.3, 0.4) is 0 Å². The second-order valence-electron chi connectivity index (χ2n) is 10.7. The average molecular weight is 431 g/mol. The Morgan fingerprint density at radius 3 is 2.55 bits per heavy atom. The van der Waals surface area contributed by atoms with Gasteiger partial charge in [-0.3, -0.25) is 14.4 Å². The molecule has 4 aliphatic carbocycles. The molecule has 4 rings (SSSR count). The average Bonchev–Trinajstić information content (AvgIpc) is 3.00. The summed E-state index contributed by atoms with van der Waals surface area (Å²) in [6, 6.07) is 0. The molecule has 0 spiro atoms. The molecule has 0 saturated heterocycles. The van der Waals surface area contributed by atoms with E-state index in [9.17, 15) is 24.6 Å². The van der Waals surface area contributed by atoms with Crippen molar-refractivity contribution in [1.29, 1.82) is 0 Å². The number of methoxy groups -OCH3 is 1. The zero-order valence-corrected chi connectivity index (χ0v) is 19.1. The zero-order valence-electron chi connectivity index (χ0n) is 19.1. The predicted octanol–water partition coefficient (Wildman–Crippen LogP) is 2.56. The zero-order chi connectivity index (χ0) is 22.9. The van der Waals surface area contributed by atoms with Crippen LogP contribution in [0.15, 0.2) is 23.3 Å². The van der Waals surface area contributed by atoms with Crippen molar-refractivity contribution >= 4 is 17.3 Å². The van der Waals surface area contributed by atoms with Crippen LogP contribution in [0.2, 0.25) is 0 Å². The number of ketones is 3. The molecule has 8 atom stereocenters. The molecule has 2 N–H and O–H groups in total. The summed E-state index contributed by atoms with van der Waals surface area (Å²) in [5.41, 5.74) is -0.285. The SMILES string of the molecule is COC1CC2(C)C(=CC1=O)C(C)CC1C2=CCC2(C)C1CC[C@]2(O)C(=O)C(O)C(C)=O. The van der Waals surface area contributed by atoms with E-state index in [1.807, 2.05) is 6.92 Å². The Balaban J connectivity index is 1.76. The minimum absolute atomic E-state index is 0.0283. The Morgan fingerprint density at radius 1 is 1.26 bits per heavy atom. The van der Waals surface area contributed by atoms with Gasteiger partial charge in [0.15, 0.2) is 17.7 Å². The molecule has 0 heterocycles. The van der Waals surface area contributed by atoms with Crippen molar-refractivity contribution in [2.24, 2.45) is 28.6 Å². The molecular formula is C25H34O6. The Labute approximate surface area is 183 Å². The molecule has 0 aromatic carbocycles. The highest BCUT2D eigenvalue weighted by Crippen LogP contribution is 2.66. The lowest BCUT2D eigenvalue weighted by Gasteiger charge is -2.56. The molecule has 0 aliphatic heterocycles. The molecule has 0 bridgehead atoms. The highest BCUT2D eigenvalue weighted by molar-refractivity contribution is 6.08. The number of aliphatic hydroxyl groups excluding tert-OH is 1. The van der Waals surface area contributed by atoms with E-state index in [-0.39, 0.29) is 35.4 Å². The van der Waals surface area contributed by atoms with E-state index in [2.05, 4.69) is 19.9 Å². The summed E-state index contributed by atoms with van der Waals surface area (Å²) in [5.74, 6) is -0.911. The molecule has 0 aromatic rings. The lowest BCUT2D eigenvalue weighted by Crippen LogP contribution is -2.58. The monoisotopic (exact) mass is 430 g/mol. The van der Waals surface area contributed by atoms with Gasteiger partial charge in [-0.05, 0) is 62.9 Å². The van der Waals surface area contributed by atoms with Crippen molar-refractivity contribution in [2.75, 3.05) is 7.11 Å². The van der Waals surface area contributed by atoms with Gasteiger partial charge in [-0.2, -0.15) is 0 Å². The van der Waals surface area contributed by atoms with Crippen molar-refractivity contribution in [1.82, 2.24) is 0 Å². The fourth-order valence-corrected chi connectivity index (χ4v) is 7.34. The quantitative estimate of drug-likeness (QED) is 0.525. The van der Waals surface area contributed by atoms with Crippen LogP contribution in [0.25, 0.3) is 0 Å². The van der Waals surface area contributed by atoms with E-state index in [0.29, 0.717) is 19.3 Å². The molecule has 0 radical (unpaired) electrons. The summed E-state index contributed by atoms with van der Waals surface area (Å²) in [6.07, 6.45) is 4.59. The Hall–Kier alpha value is -1.63. The number of Topliss-reactive ketones (excluding diaryl/α,β-unsaturated/α-hetero) is 2. The molecule has 31 heavy (non-hydrogen) atoms. The topological polar surface area (TPSA) is 101 Å². The molecule has 7 unspecified atom stereocenters. The number of aliphatic hydroxyl groups is 2. The van der Waals surface area contributed by atoms with Crippen molar-refractivity contribution < 1.29 is 29.3 Å². The minimum Gasteiger partial charge on any atom is -0.381 e. The molecule has 0 aromatic heterocycles. The van der Waals surface area contributed by atoms with Gasteiger partial charge in [-0.15, -0.1) is 0 Å². The molecule has 6 nitrogen and oxygen atoms in total. The largest absolute Gasteiger partial charge is 0.381 e. The van der Waals surface area contributed by atoms with Crippen LogP contribution in [-0.2, 0) is 19.1 Å². The summed E-state index contributed by atoms with van der Waals surface area (Å²) < 4.78 is 5.49. The van der Waals surface area contributed by atoms with Crippen LogP contribution in [-0.4, -0.2) is 52.5 Å². The molecule has 2 saturated carbocycles. The summed E-state index contributed by atoms with van der Waals surface area (Å²) >= 11 is 0. The normalized spacial score (nSPS) is 45.1. The fraction of sp³-hybridized carbons (Fsp3) is 0.720. The van der Waals surface area contributed by atoms with Crippen molar-refractivity contribution in [3.63, 3.8) is 0 Å². The lowest BCUT2D eigenvalue weighted by atomic mass is 9.48. The van der Waals surface area contributed by atoms with Gasteiger partial charge in [-0.25, -0.2) is 0 Å². The van der Waals surface area contributed by atoms with Gasteiger partial charge in [0.2, 0.25) is 5.78 Å². The summed E-state index contributed by atoms with van der Waals surface area (Å²) in [7, 11) is 1.57. The maximum absolute atomic E-state index is 13.0. The Bertz CT molecular complexity index is 902. The number of hydrogen-bond acceptors (Lipinski definition) is 6. The van der Waals surface area contributed by atoms with Crippen molar-refractivity contribution in [3.05, 3.63) is 23.3 Å².